The van der Waals surface area contributed by atoms with Gasteiger partial charge in [0.2, 0.25) is 0 Å². The Hall–Kier alpha value is -2.31. The molecule has 0 heterocycles. The van der Waals surface area contributed by atoms with Gasteiger partial charge in [-0.05, 0) is 20.8 Å². The molecule has 0 aliphatic heterocycles. The molecule has 1 aromatic carbocycles. The van der Waals surface area contributed by atoms with E-state index in [1.807, 2.05) is 0 Å². The van der Waals surface area contributed by atoms with Gasteiger partial charge in [0.25, 0.3) is 0 Å². The lowest BCUT2D eigenvalue weighted by atomic mass is 10.1. The summed E-state index contributed by atoms with van der Waals surface area (Å²) in [6.45, 7) is 5.08. The predicted octanol–water partition coefficient (Wildman–Crippen LogP) is 3.00. The lowest BCUT2D eigenvalue weighted by Gasteiger charge is -2.21. The van der Waals surface area contributed by atoms with Crippen molar-refractivity contribution >= 4 is 18.1 Å². The molecular formula is C14H18FNO5. The van der Waals surface area contributed by atoms with Crippen LogP contribution in [0.15, 0.2) is 6.07 Å². The molecule has 0 aromatic heterocycles. The molecule has 21 heavy (non-hydrogen) atoms. The molecule has 6 nitrogen and oxygen atoms in total. The Labute approximate surface area is 122 Å². The average molecular weight is 299 g/mol. The van der Waals surface area contributed by atoms with Crippen LogP contribution in [-0.4, -0.2) is 32.2 Å². The van der Waals surface area contributed by atoms with Crippen LogP contribution in [0.3, 0.4) is 0 Å². The van der Waals surface area contributed by atoms with E-state index in [9.17, 15) is 14.0 Å². The third-order valence-corrected chi connectivity index (χ3v) is 2.39. The molecule has 116 valence electrons. The fourth-order valence-electron chi connectivity index (χ4n) is 1.64. The van der Waals surface area contributed by atoms with E-state index in [4.69, 9.17) is 14.2 Å². The number of hydrogen-bond acceptors (Lipinski definition) is 5. The highest BCUT2D eigenvalue weighted by Gasteiger charge is 2.23. The van der Waals surface area contributed by atoms with Gasteiger partial charge in [-0.25, -0.2) is 9.18 Å². The summed E-state index contributed by atoms with van der Waals surface area (Å²) in [5.41, 5.74) is -0.987. The first-order valence-electron chi connectivity index (χ1n) is 6.13. The molecule has 0 radical (unpaired) electrons. The maximum Gasteiger partial charge on any atom is 0.412 e. The molecule has 0 saturated heterocycles. The van der Waals surface area contributed by atoms with Crippen LogP contribution in [0.1, 0.15) is 31.1 Å². The standard InChI is InChI=1S/C14H18FNO5/c1-14(2,3)21-13(18)16-10-6-9(15)8(7-17)11(19-4)12(10)20-5/h6-7H,1-5H3,(H,16,18). The Morgan fingerprint density at radius 1 is 1.24 bits per heavy atom. The summed E-state index contributed by atoms with van der Waals surface area (Å²) in [4.78, 5) is 22.6. The molecule has 1 aromatic rings. The highest BCUT2D eigenvalue weighted by atomic mass is 19.1. The average Bonchev–Trinajstić information content (AvgIpc) is 2.35. The van der Waals surface area contributed by atoms with Gasteiger partial charge >= 0.3 is 6.09 Å². The van der Waals surface area contributed by atoms with Gasteiger partial charge in [0.05, 0.1) is 25.5 Å². The van der Waals surface area contributed by atoms with Crippen molar-refractivity contribution in [2.24, 2.45) is 0 Å². The molecule has 0 bridgehead atoms. The summed E-state index contributed by atoms with van der Waals surface area (Å²) in [5.74, 6) is -0.904. The minimum Gasteiger partial charge on any atom is -0.492 e. The first-order chi connectivity index (χ1) is 9.73. The van der Waals surface area contributed by atoms with E-state index < -0.39 is 17.5 Å². The molecule has 0 aliphatic carbocycles. The highest BCUT2D eigenvalue weighted by molar-refractivity contribution is 5.91. The second-order valence-electron chi connectivity index (χ2n) is 5.13. The number of amides is 1. The van der Waals surface area contributed by atoms with Crippen LogP contribution in [0.25, 0.3) is 0 Å². The Bertz CT molecular complexity index is 551. The first-order valence-corrected chi connectivity index (χ1v) is 6.13. The maximum atomic E-state index is 13.8. The minimum atomic E-state index is -0.839. The summed E-state index contributed by atoms with van der Waals surface area (Å²) in [6.07, 6.45) is -0.463. The summed E-state index contributed by atoms with van der Waals surface area (Å²) in [6, 6.07) is 0.967. The van der Waals surface area contributed by atoms with Gasteiger partial charge in [-0.1, -0.05) is 0 Å². The molecule has 7 heteroatoms. The van der Waals surface area contributed by atoms with Gasteiger partial charge < -0.3 is 14.2 Å². The minimum absolute atomic E-state index is 0.00620. The number of ether oxygens (including phenoxy) is 3. The molecule has 0 atom stereocenters. The first kappa shape index (κ1) is 16.7. The van der Waals surface area contributed by atoms with E-state index in [0.717, 1.165) is 6.07 Å². The SMILES string of the molecule is COc1c(NC(=O)OC(C)(C)C)cc(F)c(C=O)c1OC. The lowest BCUT2D eigenvalue weighted by Crippen LogP contribution is -2.27. The van der Waals surface area contributed by atoms with Crippen molar-refractivity contribution in [1.29, 1.82) is 0 Å². The van der Waals surface area contributed by atoms with Crippen molar-refractivity contribution in [3.8, 4) is 11.5 Å². The van der Waals surface area contributed by atoms with Gasteiger partial charge in [-0.15, -0.1) is 0 Å². The van der Waals surface area contributed by atoms with Crippen LogP contribution in [-0.2, 0) is 4.74 Å². The van der Waals surface area contributed by atoms with Crippen LogP contribution in [0, 0.1) is 5.82 Å². The van der Waals surface area contributed by atoms with Gasteiger partial charge in [0.15, 0.2) is 17.8 Å². The van der Waals surface area contributed by atoms with Crippen molar-refractivity contribution in [3.63, 3.8) is 0 Å². The molecule has 1 amide bonds. The smallest absolute Gasteiger partial charge is 0.412 e. The second kappa shape index (κ2) is 6.43. The van der Waals surface area contributed by atoms with Crippen LogP contribution in [0.2, 0.25) is 0 Å². The van der Waals surface area contributed by atoms with Crippen LogP contribution in [0.5, 0.6) is 11.5 Å². The Kier molecular flexibility index (Phi) is 5.12. The number of hydrogen-bond donors (Lipinski definition) is 1. The number of benzene rings is 1. The van der Waals surface area contributed by atoms with E-state index in [1.54, 1.807) is 20.8 Å². The number of carbonyl (C=O) groups excluding carboxylic acids is 2. The van der Waals surface area contributed by atoms with Crippen molar-refractivity contribution in [2.45, 2.75) is 26.4 Å². The summed E-state index contributed by atoms with van der Waals surface area (Å²) in [7, 11) is 2.58. The third-order valence-electron chi connectivity index (χ3n) is 2.39. The summed E-state index contributed by atoms with van der Waals surface area (Å²) >= 11 is 0. The van der Waals surface area contributed by atoms with Gasteiger partial charge in [0.1, 0.15) is 11.4 Å². The number of anilines is 1. The Morgan fingerprint density at radius 3 is 2.24 bits per heavy atom. The van der Waals surface area contributed by atoms with Gasteiger partial charge in [0, 0.05) is 6.07 Å². The molecule has 0 spiro atoms. The second-order valence-corrected chi connectivity index (χ2v) is 5.13. The summed E-state index contributed by atoms with van der Waals surface area (Å²) in [5, 5.41) is 2.36. The zero-order valence-electron chi connectivity index (χ0n) is 12.6. The zero-order valence-corrected chi connectivity index (χ0v) is 12.6. The van der Waals surface area contributed by atoms with Crippen molar-refractivity contribution < 1.29 is 28.2 Å². The fourth-order valence-corrected chi connectivity index (χ4v) is 1.64. The molecule has 1 N–H and O–H groups in total. The fraction of sp³-hybridized carbons (Fsp3) is 0.429. The largest absolute Gasteiger partial charge is 0.492 e. The normalized spacial score (nSPS) is 10.8. The Morgan fingerprint density at radius 2 is 1.81 bits per heavy atom. The monoisotopic (exact) mass is 299 g/mol. The maximum absolute atomic E-state index is 13.8. The van der Waals surface area contributed by atoms with Gasteiger partial charge in [-0.3, -0.25) is 10.1 Å². The molecule has 0 aliphatic rings. The zero-order chi connectivity index (χ0) is 16.2. The highest BCUT2D eigenvalue weighted by Crippen LogP contribution is 2.39. The molecule has 0 fully saturated rings. The van der Waals surface area contributed by atoms with Crippen LogP contribution < -0.4 is 14.8 Å². The molecule has 0 saturated carbocycles. The number of carbonyl (C=O) groups is 2. The number of halogens is 1. The number of rotatable bonds is 4. The number of methoxy groups -OCH3 is 2. The van der Waals surface area contributed by atoms with Crippen molar-refractivity contribution in [3.05, 3.63) is 17.4 Å². The molecule has 0 unspecified atom stereocenters. The lowest BCUT2D eigenvalue weighted by molar-refractivity contribution is 0.0635. The summed E-state index contributed by atoms with van der Waals surface area (Å²) < 4.78 is 29.0. The van der Waals surface area contributed by atoms with Crippen molar-refractivity contribution in [1.82, 2.24) is 0 Å². The number of nitrogens with one attached hydrogen (secondary N) is 1. The van der Waals surface area contributed by atoms with Crippen LogP contribution in [0.4, 0.5) is 14.9 Å². The quantitative estimate of drug-likeness (QED) is 0.865. The predicted molar refractivity (Wildman–Crippen MR) is 74.7 cm³/mol. The van der Waals surface area contributed by atoms with E-state index in [0.29, 0.717) is 6.29 Å². The van der Waals surface area contributed by atoms with Crippen LogP contribution >= 0.6 is 0 Å². The van der Waals surface area contributed by atoms with E-state index >= 15 is 0 Å². The Balaban J connectivity index is 3.21. The number of aldehydes is 1. The van der Waals surface area contributed by atoms with E-state index in [2.05, 4.69) is 5.32 Å². The molecular weight excluding hydrogens is 281 g/mol. The van der Waals surface area contributed by atoms with Crippen molar-refractivity contribution in [2.75, 3.05) is 19.5 Å². The van der Waals surface area contributed by atoms with Gasteiger partial charge in [-0.2, -0.15) is 0 Å². The van der Waals surface area contributed by atoms with E-state index in [1.165, 1.54) is 14.2 Å². The molecule has 1 rings (SSSR count). The van der Waals surface area contributed by atoms with E-state index in [-0.39, 0.29) is 22.7 Å². The topological polar surface area (TPSA) is 73.9 Å². The third kappa shape index (κ3) is 4.08.